The number of phenolic OH excluding ortho intramolecular Hbond substituents is 1. The van der Waals surface area contributed by atoms with Crippen molar-refractivity contribution in [2.24, 2.45) is 10.1 Å². The molecule has 0 radical (unpaired) electrons. The second-order valence-electron chi connectivity index (χ2n) is 7.04. The molecule has 0 saturated carbocycles. The molecular weight excluding hydrogens is 372 g/mol. The number of hydrazone groups is 1. The summed E-state index contributed by atoms with van der Waals surface area (Å²) in [7, 11) is 0. The fourth-order valence-electron chi connectivity index (χ4n) is 4.03. The largest absolute Gasteiger partial charge is 0.508 e. The Morgan fingerprint density at radius 3 is 2.89 bits per heavy atom. The van der Waals surface area contributed by atoms with E-state index < -0.39 is 0 Å². The third kappa shape index (κ3) is 2.79. The minimum atomic E-state index is -0.279. The molecule has 0 fully saturated rings. The summed E-state index contributed by atoms with van der Waals surface area (Å²) in [6.07, 6.45) is 6.78. The molecule has 1 atom stereocenters. The van der Waals surface area contributed by atoms with Gasteiger partial charge in [-0.05, 0) is 48.6 Å². The van der Waals surface area contributed by atoms with Crippen LogP contribution in [-0.2, 0) is 0 Å². The number of hydrogen-bond donors (Lipinski definition) is 3. The number of aromatic amines is 1. The second-order valence-corrected chi connectivity index (χ2v) is 7.45. The highest BCUT2D eigenvalue weighted by molar-refractivity contribution is 6.31. The molecule has 3 heterocycles. The molecule has 5 rings (SSSR count). The molecule has 28 heavy (non-hydrogen) atoms. The van der Waals surface area contributed by atoms with E-state index in [1.807, 2.05) is 24.5 Å². The summed E-state index contributed by atoms with van der Waals surface area (Å²) in [5.74, 6) is 1.02. The minimum absolute atomic E-state index is 0.145. The maximum absolute atomic E-state index is 9.79. The number of nitrogens with one attached hydrogen (secondary N) is 2. The third-order valence-electron chi connectivity index (χ3n) is 5.31. The van der Waals surface area contributed by atoms with Crippen LogP contribution in [0.4, 0.5) is 5.82 Å². The smallest absolute Gasteiger partial charge is 0.131 e. The van der Waals surface area contributed by atoms with Gasteiger partial charge in [0.1, 0.15) is 17.6 Å². The lowest BCUT2D eigenvalue weighted by Crippen LogP contribution is -2.27. The summed E-state index contributed by atoms with van der Waals surface area (Å²) in [6, 6.07) is 13.0. The maximum atomic E-state index is 9.79. The zero-order valence-corrected chi connectivity index (χ0v) is 15.9. The van der Waals surface area contributed by atoms with Crippen LogP contribution in [0.2, 0.25) is 5.02 Å². The molecule has 0 bridgehead atoms. The molecule has 2 aromatic carbocycles. The summed E-state index contributed by atoms with van der Waals surface area (Å²) in [6.45, 7) is 0. The number of nitrogens with zero attached hydrogens (tertiary/aromatic N) is 2. The molecule has 1 unspecified atom stereocenters. The van der Waals surface area contributed by atoms with Gasteiger partial charge in [-0.25, -0.2) is 0 Å². The Morgan fingerprint density at radius 1 is 1.11 bits per heavy atom. The van der Waals surface area contributed by atoms with Crippen LogP contribution in [0.3, 0.4) is 0 Å². The number of rotatable bonds is 1. The summed E-state index contributed by atoms with van der Waals surface area (Å²) in [5.41, 5.74) is 7.45. The third-order valence-corrected chi connectivity index (χ3v) is 5.64. The summed E-state index contributed by atoms with van der Waals surface area (Å²) in [4.78, 5) is 8.43. The van der Waals surface area contributed by atoms with E-state index in [-0.39, 0.29) is 11.8 Å². The Kier molecular flexibility index (Phi) is 4.17. The van der Waals surface area contributed by atoms with Crippen molar-refractivity contribution in [2.75, 3.05) is 5.43 Å². The van der Waals surface area contributed by atoms with Crippen molar-refractivity contribution >= 4 is 29.2 Å². The van der Waals surface area contributed by atoms with E-state index in [1.54, 1.807) is 12.1 Å². The van der Waals surface area contributed by atoms with E-state index in [4.69, 9.17) is 16.6 Å². The van der Waals surface area contributed by atoms with E-state index in [0.29, 0.717) is 5.02 Å². The number of anilines is 1. The standard InChI is InChI=1S/C22H19ClN4O/c23-18-11-13(28)8-9-16(18)21-17-12-24-22-20(17)15(6-3-4-10-25-27-22)14-5-1-2-7-19(14)26-21/h1-2,5,7-12,21,24,27-28H,3-4,6H2. The molecule has 0 amide bonds. The average molecular weight is 391 g/mol. The second kappa shape index (κ2) is 6.84. The van der Waals surface area contributed by atoms with Crippen molar-refractivity contribution in [2.45, 2.75) is 25.3 Å². The maximum Gasteiger partial charge on any atom is 0.131 e. The van der Waals surface area contributed by atoms with Crippen molar-refractivity contribution in [1.82, 2.24) is 4.98 Å². The molecule has 2 aliphatic rings. The van der Waals surface area contributed by atoms with Gasteiger partial charge in [0, 0.05) is 33.8 Å². The topological polar surface area (TPSA) is 72.8 Å². The predicted octanol–water partition coefficient (Wildman–Crippen LogP) is 3.88. The number of para-hydroxylation sites is 1. The van der Waals surface area contributed by atoms with Gasteiger partial charge >= 0.3 is 0 Å². The lowest BCUT2D eigenvalue weighted by atomic mass is 9.92. The molecule has 140 valence electrons. The van der Waals surface area contributed by atoms with E-state index in [9.17, 15) is 5.11 Å². The highest BCUT2D eigenvalue weighted by atomic mass is 35.5. The molecular formula is C22H19ClN4O. The van der Waals surface area contributed by atoms with E-state index in [2.05, 4.69) is 33.7 Å². The van der Waals surface area contributed by atoms with E-state index in [1.165, 1.54) is 5.57 Å². The predicted molar refractivity (Wildman–Crippen MR) is 111 cm³/mol. The first-order valence-electron chi connectivity index (χ1n) is 9.36. The summed E-state index contributed by atoms with van der Waals surface area (Å²) >= 11 is 6.51. The number of halogens is 1. The Bertz CT molecular complexity index is 1210. The van der Waals surface area contributed by atoms with Crippen molar-refractivity contribution < 1.29 is 5.11 Å². The lowest BCUT2D eigenvalue weighted by molar-refractivity contribution is 0.475. The fourth-order valence-corrected chi connectivity index (χ4v) is 4.31. The van der Waals surface area contributed by atoms with Gasteiger partial charge in [0.15, 0.2) is 0 Å². The van der Waals surface area contributed by atoms with Crippen LogP contribution in [0.25, 0.3) is 5.57 Å². The van der Waals surface area contributed by atoms with Gasteiger partial charge in [-0.3, -0.25) is 10.4 Å². The van der Waals surface area contributed by atoms with Gasteiger partial charge in [0.05, 0.1) is 5.36 Å². The number of fused-ring (bicyclic) bond motifs is 1. The monoisotopic (exact) mass is 390 g/mol. The number of aromatic nitrogens is 1. The number of hydrogen-bond acceptors (Lipinski definition) is 4. The first-order valence-corrected chi connectivity index (χ1v) is 9.74. The minimum Gasteiger partial charge on any atom is -0.508 e. The Labute approximate surface area is 167 Å². The van der Waals surface area contributed by atoms with Crippen molar-refractivity contribution in [3.63, 3.8) is 0 Å². The quantitative estimate of drug-likeness (QED) is 0.590. The summed E-state index contributed by atoms with van der Waals surface area (Å²) < 4.78 is 0. The molecule has 1 aromatic heterocycles. The molecule has 5 nitrogen and oxygen atoms in total. The van der Waals surface area contributed by atoms with Crippen LogP contribution in [-0.4, -0.2) is 16.3 Å². The van der Waals surface area contributed by atoms with Gasteiger partial charge in [0.25, 0.3) is 0 Å². The van der Waals surface area contributed by atoms with Crippen molar-refractivity contribution in [1.29, 1.82) is 0 Å². The van der Waals surface area contributed by atoms with Crippen LogP contribution in [0, 0.1) is 0 Å². The highest BCUT2D eigenvalue weighted by Gasteiger charge is 2.27. The van der Waals surface area contributed by atoms with Crippen LogP contribution in [0.5, 0.6) is 5.75 Å². The molecule has 2 aliphatic heterocycles. The molecule has 3 N–H and O–H groups in total. The summed E-state index contributed by atoms with van der Waals surface area (Å²) in [5, 5.41) is 16.7. The molecule has 0 aliphatic carbocycles. The zero-order valence-electron chi connectivity index (χ0n) is 15.1. The van der Waals surface area contributed by atoms with Gasteiger partial charge < -0.3 is 10.1 Å². The number of phenols is 1. The van der Waals surface area contributed by atoms with Crippen LogP contribution in [0.15, 0.2) is 58.8 Å². The van der Waals surface area contributed by atoms with Crippen LogP contribution >= 0.6 is 11.6 Å². The molecule has 0 spiro atoms. The Hall–Kier alpha value is -3.05. The average Bonchev–Trinajstić information content (AvgIpc) is 3.07. The zero-order chi connectivity index (χ0) is 19.1. The fraction of sp³-hybridized carbons (Fsp3) is 0.182. The van der Waals surface area contributed by atoms with Gasteiger partial charge in [0.2, 0.25) is 0 Å². The SMILES string of the molecule is Oc1ccc(C2N=c3ccccc3=C3CCCC=NNc4[nH]cc2c43)c(Cl)c1. The Morgan fingerprint density at radius 2 is 2.00 bits per heavy atom. The number of H-pyrrole nitrogens is 1. The first kappa shape index (κ1) is 17.1. The molecule has 3 aromatic rings. The molecule has 0 saturated heterocycles. The lowest BCUT2D eigenvalue weighted by Gasteiger charge is -2.16. The first-order chi connectivity index (χ1) is 13.7. The van der Waals surface area contributed by atoms with E-state index >= 15 is 0 Å². The number of aromatic hydroxyl groups is 1. The Balaban J connectivity index is 1.84. The van der Waals surface area contributed by atoms with Crippen molar-refractivity contribution in [3.8, 4) is 5.75 Å². The van der Waals surface area contributed by atoms with Crippen LogP contribution < -0.4 is 16.0 Å². The molecule has 6 heteroatoms. The van der Waals surface area contributed by atoms with Gasteiger partial charge in [-0.1, -0.05) is 35.9 Å². The van der Waals surface area contributed by atoms with Gasteiger partial charge in [-0.15, -0.1) is 0 Å². The number of benzene rings is 2. The normalized spacial score (nSPS) is 17.9. The van der Waals surface area contributed by atoms with Crippen molar-refractivity contribution in [3.05, 3.63) is 81.0 Å². The van der Waals surface area contributed by atoms with Crippen LogP contribution in [0.1, 0.15) is 42.0 Å². The van der Waals surface area contributed by atoms with Gasteiger partial charge in [-0.2, -0.15) is 5.10 Å². The van der Waals surface area contributed by atoms with E-state index in [0.717, 1.165) is 52.3 Å². The highest BCUT2D eigenvalue weighted by Crippen LogP contribution is 2.40.